The highest BCUT2D eigenvalue weighted by atomic mass is 32.2. The Labute approximate surface area is 81.6 Å². The normalized spacial score (nSPS) is 12.1. The second-order valence-electron chi connectivity index (χ2n) is 3.02. The summed E-state index contributed by atoms with van der Waals surface area (Å²) in [5.74, 6) is 2.70. The molecule has 0 saturated carbocycles. The number of rotatable bonds is 2. The van der Waals surface area contributed by atoms with E-state index in [0.29, 0.717) is 5.75 Å². The molecule has 0 amide bonds. The number of aryl methyl sites for hydroxylation is 2. The van der Waals surface area contributed by atoms with Gasteiger partial charge in [-0.2, -0.15) is 0 Å². The monoisotopic (exact) mass is 192 g/mol. The van der Waals surface area contributed by atoms with Crippen LogP contribution in [0.15, 0.2) is 23.1 Å². The van der Waals surface area contributed by atoms with Crippen LogP contribution in [-0.4, -0.2) is 9.96 Å². The Bertz CT molecular complexity index is 354. The fourth-order valence-corrected chi connectivity index (χ4v) is 2.18. The summed E-state index contributed by atoms with van der Waals surface area (Å²) in [6.45, 7) is 3.98. The molecule has 0 N–H and O–H groups in total. The van der Waals surface area contributed by atoms with Gasteiger partial charge in [-0.15, -0.1) is 6.42 Å². The van der Waals surface area contributed by atoms with Gasteiger partial charge in [0.05, 0.1) is 16.6 Å². The predicted octanol–water partition coefficient (Wildman–Crippen LogP) is 2.04. The number of hydrogen-bond acceptors (Lipinski definition) is 1. The van der Waals surface area contributed by atoms with E-state index in [-0.39, 0.29) is 0 Å². The summed E-state index contributed by atoms with van der Waals surface area (Å²) >= 11 is 0. The van der Waals surface area contributed by atoms with Crippen molar-refractivity contribution in [2.75, 3.05) is 5.75 Å². The zero-order chi connectivity index (χ0) is 9.84. The molecule has 0 heterocycles. The van der Waals surface area contributed by atoms with Gasteiger partial charge in [-0.05, 0) is 37.1 Å². The Kier molecular flexibility index (Phi) is 3.27. The van der Waals surface area contributed by atoms with Gasteiger partial charge in [0.15, 0.2) is 0 Å². The van der Waals surface area contributed by atoms with Crippen LogP contribution in [0.2, 0.25) is 0 Å². The Morgan fingerprint density at radius 3 is 2.31 bits per heavy atom. The van der Waals surface area contributed by atoms with Crippen LogP contribution in [0.4, 0.5) is 0 Å². The summed E-state index contributed by atoms with van der Waals surface area (Å²) < 4.78 is 11.5. The van der Waals surface area contributed by atoms with Crippen LogP contribution < -0.4 is 0 Å². The maximum atomic E-state index is 11.5. The third-order valence-electron chi connectivity index (χ3n) is 1.67. The van der Waals surface area contributed by atoms with Crippen molar-refractivity contribution >= 4 is 10.8 Å². The summed E-state index contributed by atoms with van der Waals surface area (Å²) in [5, 5.41) is 0. The lowest BCUT2D eigenvalue weighted by Crippen LogP contribution is -1.96. The van der Waals surface area contributed by atoms with E-state index < -0.39 is 10.8 Å². The predicted molar refractivity (Wildman–Crippen MR) is 56.0 cm³/mol. The first-order valence-electron chi connectivity index (χ1n) is 4.03. The lowest BCUT2D eigenvalue weighted by Gasteiger charge is -2.02. The van der Waals surface area contributed by atoms with Gasteiger partial charge in [0.25, 0.3) is 0 Å². The van der Waals surface area contributed by atoms with Crippen LogP contribution in [0.5, 0.6) is 0 Å². The second-order valence-corrected chi connectivity index (χ2v) is 4.47. The summed E-state index contributed by atoms with van der Waals surface area (Å²) in [5.41, 5.74) is 2.25. The summed E-state index contributed by atoms with van der Waals surface area (Å²) in [4.78, 5) is 0.829. The molecule has 0 spiro atoms. The maximum absolute atomic E-state index is 11.5. The zero-order valence-electron chi connectivity index (χ0n) is 7.83. The number of benzene rings is 1. The fourth-order valence-electron chi connectivity index (χ4n) is 1.22. The van der Waals surface area contributed by atoms with Crippen LogP contribution in [-0.2, 0) is 10.8 Å². The van der Waals surface area contributed by atoms with Gasteiger partial charge < -0.3 is 0 Å². The summed E-state index contributed by atoms with van der Waals surface area (Å²) in [7, 11) is -1.04. The highest BCUT2D eigenvalue weighted by Crippen LogP contribution is 2.12. The highest BCUT2D eigenvalue weighted by molar-refractivity contribution is 7.85. The van der Waals surface area contributed by atoms with Gasteiger partial charge in [-0.1, -0.05) is 12.0 Å². The minimum absolute atomic E-state index is 0.295. The Morgan fingerprint density at radius 2 is 1.85 bits per heavy atom. The maximum Gasteiger partial charge on any atom is 0.0891 e. The van der Waals surface area contributed by atoms with Crippen molar-refractivity contribution in [3.05, 3.63) is 29.3 Å². The first kappa shape index (κ1) is 10.0. The molecule has 1 unspecified atom stereocenters. The summed E-state index contributed by atoms with van der Waals surface area (Å²) in [6, 6.07) is 5.89. The zero-order valence-corrected chi connectivity index (χ0v) is 8.65. The van der Waals surface area contributed by atoms with E-state index in [1.165, 1.54) is 0 Å². The smallest absolute Gasteiger partial charge is 0.0891 e. The second kappa shape index (κ2) is 4.25. The van der Waals surface area contributed by atoms with Crippen molar-refractivity contribution in [2.45, 2.75) is 18.7 Å². The number of hydrogen-bond donors (Lipinski definition) is 0. The molecule has 1 aromatic rings. The molecule has 0 bridgehead atoms. The Balaban J connectivity index is 3.02. The molecule has 1 atom stereocenters. The standard InChI is InChI=1S/C11H12OS/c1-4-5-13(12)11-7-9(2)6-10(3)8-11/h1,6-8H,5H2,2-3H3. The van der Waals surface area contributed by atoms with E-state index in [2.05, 4.69) is 12.0 Å². The molecule has 1 aromatic carbocycles. The SMILES string of the molecule is C#CCS(=O)c1cc(C)cc(C)c1. The van der Waals surface area contributed by atoms with Crippen LogP contribution in [0.25, 0.3) is 0 Å². The van der Waals surface area contributed by atoms with Gasteiger partial charge in [0.2, 0.25) is 0 Å². The van der Waals surface area contributed by atoms with E-state index in [9.17, 15) is 4.21 Å². The molecule has 2 heteroatoms. The first-order valence-corrected chi connectivity index (χ1v) is 5.35. The molecule has 1 rings (SSSR count). The van der Waals surface area contributed by atoms with Crippen molar-refractivity contribution in [3.63, 3.8) is 0 Å². The largest absolute Gasteiger partial charge is 0.253 e. The molecule has 13 heavy (non-hydrogen) atoms. The molecule has 0 radical (unpaired) electrons. The van der Waals surface area contributed by atoms with Gasteiger partial charge in [0.1, 0.15) is 0 Å². The molecule has 68 valence electrons. The van der Waals surface area contributed by atoms with E-state index in [1.54, 1.807) is 0 Å². The third kappa shape index (κ3) is 2.71. The van der Waals surface area contributed by atoms with Crippen molar-refractivity contribution in [2.24, 2.45) is 0 Å². The van der Waals surface area contributed by atoms with Gasteiger partial charge in [0, 0.05) is 4.90 Å². The number of terminal acetylenes is 1. The molecule has 0 aliphatic heterocycles. The minimum atomic E-state index is -1.04. The average molecular weight is 192 g/mol. The average Bonchev–Trinajstić information content (AvgIpc) is 2.03. The van der Waals surface area contributed by atoms with E-state index in [1.807, 2.05) is 26.0 Å². The highest BCUT2D eigenvalue weighted by Gasteiger charge is 2.02. The molecule has 1 nitrogen and oxygen atoms in total. The fraction of sp³-hybridized carbons (Fsp3) is 0.273. The minimum Gasteiger partial charge on any atom is -0.253 e. The molecule has 0 fully saturated rings. The summed E-state index contributed by atoms with van der Waals surface area (Å²) in [6.07, 6.45) is 5.10. The third-order valence-corrected chi connectivity index (χ3v) is 2.86. The van der Waals surface area contributed by atoms with Crippen molar-refractivity contribution in [1.29, 1.82) is 0 Å². The van der Waals surface area contributed by atoms with Crippen LogP contribution in [0.1, 0.15) is 11.1 Å². The topological polar surface area (TPSA) is 17.1 Å². The molecule has 0 aliphatic rings. The van der Waals surface area contributed by atoms with E-state index in [0.717, 1.165) is 16.0 Å². The molecular weight excluding hydrogens is 180 g/mol. The Hall–Kier alpha value is -1.07. The van der Waals surface area contributed by atoms with Crippen LogP contribution in [0.3, 0.4) is 0 Å². The molecule has 0 aliphatic carbocycles. The van der Waals surface area contributed by atoms with Crippen LogP contribution in [0, 0.1) is 26.2 Å². The van der Waals surface area contributed by atoms with Gasteiger partial charge in [-0.25, -0.2) is 0 Å². The van der Waals surface area contributed by atoms with Gasteiger partial charge in [-0.3, -0.25) is 4.21 Å². The van der Waals surface area contributed by atoms with Crippen molar-refractivity contribution in [3.8, 4) is 12.3 Å². The Morgan fingerprint density at radius 1 is 1.31 bits per heavy atom. The first-order chi connectivity index (χ1) is 6.13. The van der Waals surface area contributed by atoms with Gasteiger partial charge >= 0.3 is 0 Å². The van der Waals surface area contributed by atoms with Crippen molar-refractivity contribution in [1.82, 2.24) is 0 Å². The van der Waals surface area contributed by atoms with E-state index >= 15 is 0 Å². The quantitative estimate of drug-likeness (QED) is 0.655. The molecule has 0 aromatic heterocycles. The van der Waals surface area contributed by atoms with Crippen LogP contribution >= 0.6 is 0 Å². The molecular formula is C11H12OS. The lowest BCUT2D eigenvalue weighted by atomic mass is 10.2. The van der Waals surface area contributed by atoms with E-state index in [4.69, 9.17) is 6.42 Å². The molecule has 0 saturated heterocycles. The van der Waals surface area contributed by atoms with Crippen molar-refractivity contribution < 1.29 is 4.21 Å². The lowest BCUT2D eigenvalue weighted by molar-refractivity contribution is 0.685.